The lowest BCUT2D eigenvalue weighted by molar-refractivity contribution is -0.128. The Morgan fingerprint density at radius 1 is 0.952 bits per heavy atom. The average Bonchev–Trinajstić information content (AvgIpc) is 3.05. The highest BCUT2D eigenvalue weighted by Gasteiger charge is 2.47. The van der Waals surface area contributed by atoms with Gasteiger partial charge in [-0.15, -0.1) is 0 Å². The van der Waals surface area contributed by atoms with Gasteiger partial charge in [-0.3, -0.25) is 19.5 Å². The number of β-amino-alcohol motifs (C(OH)–C–C–N with tert-alkyl or cyclic N) is 1. The molecule has 7 heteroatoms. The fraction of sp³-hybridized carbons (Fsp3) is 0.857. The average molecular weight is 296 g/mol. The number of carbonyl (C=O) groups excluding carboxylic acids is 2. The summed E-state index contributed by atoms with van der Waals surface area (Å²) in [5.41, 5.74) is 0. The molecule has 0 unspecified atom stereocenters. The Morgan fingerprint density at radius 3 is 2.24 bits per heavy atom. The maximum Gasteiger partial charge on any atom is 0.327 e. The fourth-order valence-corrected chi connectivity index (χ4v) is 3.51. The number of hydrogen-bond acceptors (Lipinski definition) is 5. The highest BCUT2D eigenvalue weighted by atomic mass is 16.3. The Bertz CT molecular complexity index is 387. The first-order valence-corrected chi connectivity index (χ1v) is 7.88. The van der Waals surface area contributed by atoms with E-state index in [0.29, 0.717) is 6.54 Å². The van der Waals surface area contributed by atoms with Gasteiger partial charge in [0, 0.05) is 52.4 Å². The Morgan fingerprint density at radius 2 is 1.62 bits per heavy atom. The van der Waals surface area contributed by atoms with Gasteiger partial charge >= 0.3 is 6.03 Å². The number of piperazine rings is 1. The molecule has 3 aliphatic rings. The quantitative estimate of drug-likeness (QED) is 0.661. The van der Waals surface area contributed by atoms with Crippen LogP contribution in [-0.4, -0.2) is 102 Å². The lowest BCUT2D eigenvalue weighted by Crippen LogP contribution is -2.49. The molecule has 3 saturated heterocycles. The number of nitrogens with zero attached hydrogens (tertiary/aromatic N) is 4. The van der Waals surface area contributed by atoms with Crippen LogP contribution < -0.4 is 0 Å². The Balaban J connectivity index is 1.46. The summed E-state index contributed by atoms with van der Waals surface area (Å²) in [5.74, 6) is -0.00332. The van der Waals surface area contributed by atoms with Crippen molar-refractivity contribution < 1.29 is 14.7 Å². The molecule has 21 heavy (non-hydrogen) atoms. The zero-order valence-corrected chi connectivity index (χ0v) is 12.4. The predicted molar refractivity (Wildman–Crippen MR) is 76.8 cm³/mol. The summed E-state index contributed by atoms with van der Waals surface area (Å²) < 4.78 is 0. The largest absolute Gasteiger partial charge is 0.395 e. The topological polar surface area (TPSA) is 67.3 Å². The summed E-state index contributed by atoms with van der Waals surface area (Å²) in [6, 6.07) is -0.277. The van der Waals surface area contributed by atoms with Crippen molar-refractivity contribution in [3.05, 3.63) is 0 Å². The van der Waals surface area contributed by atoms with E-state index in [9.17, 15) is 9.59 Å². The molecule has 0 radical (unpaired) electrons. The lowest BCUT2D eigenvalue weighted by Gasteiger charge is -2.34. The van der Waals surface area contributed by atoms with Crippen molar-refractivity contribution >= 4 is 11.9 Å². The zero-order valence-electron chi connectivity index (χ0n) is 12.4. The van der Waals surface area contributed by atoms with Crippen LogP contribution in [0.15, 0.2) is 0 Å². The van der Waals surface area contributed by atoms with Crippen LogP contribution in [0.3, 0.4) is 0 Å². The zero-order chi connectivity index (χ0) is 14.8. The van der Waals surface area contributed by atoms with Gasteiger partial charge in [-0.05, 0) is 12.8 Å². The highest BCUT2D eigenvalue weighted by Crippen LogP contribution is 2.27. The molecule has 0 aromatic rings. The van der Waals surface area contributed by atoms with Gasteiger partial charge in [0.1, 0.15) is 6.04 Å². The number of hydrogen-bond donors (Lipinski definition) is 1. The number of amides is 3. The maximum atomic E-state index is 12.2. The maximum absolute atomic E-state index is 12.2. The summed E-state index contributed by atoms with van der Waals surface area (Å²) in [6.07, 6.45) is 1.77. The molecular weight excluding hydrogens is 272 g/mol. The molecule has 3 rings (SSSR count). The van der Waals surface area contributed by atoms with E-state index >= 15 is 0 Å². The summed E-state index contributed by atoms with van der Waals surface area (Å²) in [5, 5.41) is 8.93. The van der Waals surface area contributed by atoms with Crippen LogP contribution in [0, 0.1) is 0 Å². The van der Waals surface area contributed by atoms with Crippen LogP contribution in [-0.2, 0) is 4.79 Å². The van der Waals surface area contributed by atoms with Crippen LogP contribution in [0.5, 0.6) is 0 Å². The third kappa shape index (κ3) is 2.90. The SMILES string of the molecule is O=C1[C@H]2CCCN2C(=O)N1CCN1CCN(CCO)CC1. The number of urea groups is 1. The van der Waals surface area contributed by atoms with E-state index in [2.05, 4.69) is 9.80 Å². The van der Waals surface area contributed by atoms with Crippen molar-refractivity contribution in [1.82, 2.24) is 19.6 Å². The fourth-order valence-electron chi connectivity index (χ4n) is 3.51. The van der Waals surface area contributed by atoms with E-state index in [1.54, 1.807) is 4.90 Å². The van der Waals surface area contributed by atoms with Crippen molar-refractivity contribution in [1.29, 1.82) is 0 Å². The van der Waals surface area contributed by atoms with Crippen LogP contribution in [0.1, 0.15) is 12.8 Å². The van der Waals surface area contributed by atoms with Crippen molar-refractivity contribution in [3.63, 3.8) is 0 Å². The Kier molecular flexibility index (Phi) is 4.42. The van der Waals surface area contributed by atoms with Gasteiger partial charge in [0.05, 0.1) is 6.61 Å². The molecule has 1 N–H and O–H groups in total. The molecule has 7 nitrogen and oxygen atoms in total. The van der Waals surface area contributed by atoms with E-state index in [-0.39, 0.29) is 24.6 Å². The number of aliphatic hydroxyl groups excluding tert-OH is 1. The third-order valence-corrected chi connectivity index (χ3v) is 4.80. The summed E-state index contributed by atoms with van der Waals surface area (Å²) in [6.45, 7) is 6.67. The van der Waals surface area contributed by atoms with E-state index in [4.69, 9.17) is 5.11 Å². The van der Waals surface area contributed by atoms with Gasteiger partial charge in [0.2, 0.25) is 0 Å². The van der Waals surface area contributed by atoms with Gasteiger partial charge in [-0.25, -0.2) is 4.79 Å². The van der Waals surface area contributed by atoms with Crippen LogP contribution in [0.25, 0.3) is 0 Å². The lowest BCUT2D eigenvalue weighted by atomic mass is 10.2. The number of fused-ring (bicyclic) bond motifs is 1. The van der Waals surface area contributed by atoms with Crippen molar-refractivity contribution in [2.45, 2.75) is 18.9 Å². The van der Waals surface area contributed by atoms with E-state index in [1.165, 1.54) is 4.90 Å². The molecule has 3 amide bonds. The van der Waals surface area contributed by atoms with Crippen molar-refractivity contribution in [2.75, 3.05) is 59.0 Å². The highest BCUT2D eigenvalue weighted by molar-refractivity contribution is 6.04. The second-order valence-electron chi connectivity index (χ2n) is 6.03. The molecule has 3 fully saturated rings. The minimum absolute atomic E-state index is 0.00332. The van der Waals surface area contributed by atoms with Crippen LogP contribution in [0.4, 0.5) is 4.79 Å². The molecule has 0 aromatic heterocycles. The molecule has 0 spiro atoms. The second-order valence-corrected chi connectivity index (χ2v) is 6.03. The summed E-state index contributed by atoms with van der Waals surface area (Å²) in [4.78, 5) is 32.1. The molecule has 3 heterocycles. The molecule has 0 aliphatic carbocycles. The molecule has 0 aromatic carbocycles. The van der Waals surface area contributed by atoms with Crippen molar-refractivity contribution in [3.8, 4) is 0 Å². The van der Waals surface area contributed by atoms with Gasteiger partial charge in [0.15, 0.2) is 0 Å². The summed E-state index contributed by atoms with van der Waals surface area (Å²) in [7, 11) is 0. The molecule has 0 bridgehead atoms. The number of carbonyl (C=O) groups is 2. The van der Waals surface area contributed by atoms with Gasteiger partial charge < -0.3 is 10.0 Å². The molecule has 0 saturated carbocycles. The Labute approximate surface area is 125 Å². The molecule has 3 aliphatic heterocycles. The smallest absolute Gasteiger partial charge is 0.327 e. The first-order chi connectivity index (χ1) is 10.2. The normalized spacial score (nSPS) is 27.8. The monoisotopic (exact) mass is 296 g/mol. The standard InChI is InChI=1S/C14H24N4O3/c19-11-10-16-6-4-15(5-7-16)8-9-18-13(20)12-2-1-3-17(12)14(18)21/h12,19H,1-11H2/t12-/m1/s1. The summed E-state index contributed by atoms with van der Waals surface area (Å²) >= 11 is 0. The van der Waals surface area contributed by atoms with Crippen LogP contribution in [0.2, 0.25) is 0 Å². The van der Waals surface area contributed by atoms with Crippen LogP contribution >= 0.6 is 0 Å². The van der Waals surface area contributed by atoms with E-state index in [0.717, 1.165) is 58.7 Å². The minimum atomic E-state index is -0.182. The van der Waals surface area contributed by atoms with Crippen molar-refractivity contribution in [2.24, 2.45) is 0 Å². The number of aliphatic hydroxyl groups is 1. The Hall–Kier alpha value is -1.18. The second kappa shape index (κ2) is 6.29. The van der Waals surface area contributed by atoms with Gasteiger partial charge in [-0.2, -0.15) is 0 Å². The molecule has 1 atom stereocenters. The molecule has 118 valence electrons. The van der Waals surface area contributed by atoms with E-state index < -0.39 is 0 Å². The number of rotatable bonds is 5. The molecular formula is C14H24N4O3. The predicted octanol–water partition coefficient (Wildman–Crippen LogP) is -0.977. The number of imide groups is 1. The van der Waals surface area contributed by atoms with Gasteiger partial charge in [-0.1, -0.05) is 0 Å². The van der Waals surface area contributed by atoms with E-state index in [1.807, 2.05) is 0 Å². The first kappa shape index (κ1) is 14.7. The first-order valence-electron chi connectivity index (χ1n) is 7.88. The minimum Gasteiger partial charge on any atom is -0.395 e. The van der Waals surface area contributed by atoms with Gasteiger partial charge in [0.25, 0.3) is 5.91 Å². The third-order valence-electron chi connectivity index (χ3n) is 4.80.